The Labute approximate surface area is 138 Å². The van der Waals surface area contributed by atoms with Crippen LogP contribution in [-0.2, 0) is 0 Å². The van der Waals surface area contributed by atoms with Gasteiger partial charge in [-0.2, -0.15) is 11.3 Å². The Kier molecular flexibility index (Phi) is 3.71. The smallest absolute Gasteiger partial charge is 0.317 e. The van der Waals surface area contributed by atoms with Crippen molar-refractivity contribution >= 4 is 33.8 Å². The number of carbonyl (C=O) groups is 1. The zero-order valence-electron chi connectivity index (χ0n) is 12.6. The Bertz CT molecular complexity index is 826. The number of thiophene rings is 1. The summed E-state index contributed by atoms with van der Waals surface area (Å²) in [6.07, 6.45) is 5.65. The summed E-state index contributed by atoms with van der Waals surface area (Å²) in [5.74, 6) is 0. The average Bonchev–Trinajstić information content (AvgIpc) is 3.26. The average molecular weight is 323 g/mol. The van der Waals surface area contributed by atoms with E-state index in [1.54, 1.807) is 17.5 Å². The monoisotopic (exact) mass is 323 g/mol. The molecule has 1 fully saturated rings. The van der Waals surface area contributed by atoms with E-state index in [9.17, 15) is 4.79 Å². The van der Waals surface area contributed by atoms with E-state index in [4.69, 9.17) is 0 Å². The maximum atomic E-state index is 12.8. The fourth-order valence-electron chi connectivity index (χ4n) is 3.24. The lowest BCUT2D eigenvalue weighted by Gasteiger charge is -2.24. The van der Waals surface area contributed by atoms with Gasteiger partial charge in [-0.15, -0.1) is 0 Å². The number of fused-ring (bicyclic) bond motifs is 1. The SMILES string of the molecule is O=C(Nc1cccc2cnccc12)N1CCC[C@@H]1c1ccsc1. The third kappa shape index (κ3) is 2.68. The normalized spacial score (nSPS) is 17.6. The van der Waals surface area contributed by atoms with E-state index in [0.29, 0.717) is 0 Å². The quantitative estimate of drug-likeness (QED) is 0.745. The Morgan fingerprint density at radius 2 is 2.26 bits per heavy atom. The second-order valence-electron chi connectivity index (χ2n) is 5.74. The van der Waals surface area contributed by atoms with Gasteiger partial charge in [0, 0.05) is 29.7 Å². The van der Waals surface area contributed by atoms with Gasteiger partial charge in [0.15, 0.2) is 0 Å². The summed E-state index contributed by atoms with van der Waals surface area (Å²) in [5, 5.41) is 9.34. The topological polar surface area (TPSA) is 45.2 Å². The number of carbonyl (C=O) groups excluding carboxylic acids is 1. The highest BCUT2D eigenvalue weighted by molar-refractivity contribution is 7.08. The molecule has 3 heterocycles. The maximum Gasteiger partial charge on any atom is 0.322 e. The molecule has 116 valence electrons. The van der Waals surface area contributed by atoms with E-state index in [2.05, 4.69) is 27.1 Å². The molecule has 2 aromatic heterocycles. The van der Waals surface area contributed by atoms with E-state index in [1.807, 2.05) is 35.4 Å². The van der Waals surface area contributed by atoms with E-state index in [-0.39, 0.29) is 12.1 Å². The summed E-state index contributed by atoms with van der Waals surface area (Å²) in [7, 11) is 0. The van der Waals surface area contributed by atoms with Gasteiger partial charge in [0.1, 0.15) is 0 Å². The Hall–Kier alpha value is -2.40. The number of nitrogens with zero attached hydrogens (tertiary/aromatic N) is 2. The predicted octanol–water partition coefficient (Wildman–Crippen LogP) is 4.67. The number of amides is 2. The highest BCUT2D eigenvalue weighted by atomic mass is 32.1. The molecule has 0 saturated carbocycles. The summed E-state index contributed by atoms with van der Waals surface area (Å²) in [4.78, 5) is 18.8. The molecule has 4 rings (SSSR count). The molecule has 23 heavy (non-hydrogen) atoms. The molecule has 0 unspecified atom stereocenters. The lowest BCUT2D eigenvalue weighted by atomic mass is 10.1. The molecule has 4 nitrogen and oxygen atoms in total. The van der Waals surface area contributed by atoms with Crippen LogP contribution in [-0.4, -0.2) is 22.5 Å². The fraction of sp³-hybridized carbons (Fsp3) is 0.222. The second kappa shape index (κ2) is 6.01. The molecule has 2 amide bonds. The zero-order chi connectivity index (χ0) is 15.6. The maximum absolute atomic E-state index is 12.8. The number of rotatable bonds is 2. The van der Waals surface area contributed by atoms with E-state index >= 15 is 0 Å². The van der Waals surface area contributed by atoms with Crippen LogP contribution in [0, 0.1) is 0 Å². The van der Waals surface area contributed by atoms with Crippen LogP contribution in [0.1, 0.15) is 24.4 Å². The Balaban J connectivity index is 1.59. The van der Waals surface area contributed by atoms with Crippen molar-refractivity contribution in [3.05, 3.63) is 59.0 Å². The number of urea groups is 1. The molecule has 0 spiro atoms. The van der Waals surface area contributed by atoms with Crippen molar-refractivity contribution in [2.24, 2.45) is 0 Å². The minimum atomic E-state index is -0.0250. The molecule has 1 aliphatic heterocycles. The summed E-state index contributed by atoms with van der Waals surface area (Å²) in [5.41, 5.74) is 2.08. The largest absolute Gasteiger partial charge is 0.322 e. The molecule has 1 N–H and O–H groups in total. The lowest BCUT2D eigenvalue weighted by Crippen LogP contribution is -2.34. The van der Waals surface area contributed by atoms with Gasteiger partial charge in [-0.1, -0.05) is 12.1 Å². The van der Waals surface area contributed by atoms with Crippen LogP contribution >= 0.6 is 11.3 Å². The summed E-state index contributed by atoms with van der Waals surface area (Å²) in [6, 6.07) is 10.1. The number of nitrogens with one attached hydrogen (secondary N) is 1. The number of anilines is 1. The number of benzene rings is 1. The van der Waals surface area contributed by atoms with Crippen molar-refractivity contribution in [2.75, 3.05) is 11.9 Å². The van der Waals surface area contributed by atoms with Crippen LogP contribution < -0.4 is 5.32 Å². The highest BCUT2D eigenvalue weighted by Gasteiger charge is 2.30. The number of pyridine rings is 1. The third-order valence-electron chi connectivity index (χ3n) is 4.36. The summed E-state index contributed by atoms with van der Waals surface area (Å²) >= 11 is 1.68. The minimum Gasteiger partial charge on any atom is -0.317 e. The van der Waals surface area contributed by atoms with Gasteiger partial charge in [0.25, 0.3) is 0 Å². The van der Waals surface area contributed by atoms with Crippen molar-refractivity contribution in [1.29, 1.82) is 0 Å². The molecule has 1 saturated heterocycles. The molecule has 0 bridgehead atoms. The number of hydrogen-bond donors (Lipinski definition) is 1. The predicted molar refractivity (Wildman–Crippen MR) is 93.8 cm³/mol. The van der Waals surface area contributed by atoms with E-state index in [1.165, 1.54) is 5.56 Å². The number of hydrogen-bond acceptors (Lipinski definition) is 3. The van der Waals surface area contributed by atoms with Crippen molar-refractivity contribution in [2.45, 2.75) is 18.9 Å². The van der Waals surface area contributed by atoms with Gasteiger partial charge < -0.3 is 10.2 Å². The second-order valence-corrected chi connectivity index (χ2v) is 6.52. The Morgan fingerprint density at radius 1 is 1.30 bits per heavy atom. The summed E-state index contributed by atoms with van der Waals surface area (Å²) < 4.78 is 0. The van der Waals surface area contributed by atoms with Crippen LogP contribution in [0.15, 0.2) is 53.5 Å². The molecule has 1 atom stereocenters. The zero-order valence-corrected chi connectivity index (χ0v) is 13.4. The number of aromatic nitrogens is 1. The first-order valence-corrected chi connectivity index (χ1v) is 8.70. The minimum absolute atomic E-state index is 0.0250. The van der Waals surface area contributed by atoms with Gasteiger partial charge in [-0.3, -0.25) is 4.98 Å². The van der Waals surface area contributed by atoms with Crippen LogP contribution in [0.4, 0.5) is 10.5 Å². The standard InChI is InChI=1S/C18H17N3OS/c22-18(21-9-2-5-17(21)14-7-10-23-12-14)20-16-4-1-3-13-11-19-8-6-15(13)16/h1,3-4,6-8,10-12,17H,2,5,9H2,(H,20,22)/t17-/m1/s1. The van der Waals surface area contributed by atoms with Gasteiger partial charge in [0.05, 0.1) is 11.7 Å². The van der Waals surface area contributed by atoms with E-state index in [0.717, 1.165) is 35.8 Å². The first kappa shape index (κ1) is 14.2. The molecule has 5 heteroatoms. The molecule has 0 aliphatic carbocycles. The summed E-state index contributed by atoms with van der Waals surface area (Å²) in [6.45, 7) is 0.804. The highest BCUT2D eigenvalue weighted by Crippen LogP contribution is 2.34. The van der Waals surface area contributed by atoms with Crippen molar-refractivity contribution in [3.63, 3.8) is 0 Å². The van der Waals surface area contributed by atoms with Crippen LogP contribution in [0.5, 0.6) is 0 Å². The molecule has 1 aliphatic rings. The third-order valence-corrected chi connectivity index (χ3v) is 5.07. The first-order chi connectivity index (χ1) is 11.3. The van der Waals surface area contributed by atoms with E-state index < -0.39 is 0 Å². The molecule has 1 aromatic carbocycles. The van der Waals surface area contributed by atoms with Gasteiger partial charge in [-0.25, -0.2) is 4.79 Å². The molecular weight excluding hydrogens is 306 g/mol. The van der Waals surface area contributed by atoms with Crippen molar-refractivity contribution < 1.29 is 4.79 Å². The van der Waals surface area contributed by atoms with Crippen molar-refractivity contribution in [1.82, 2.24) is 9.88 Å². The molecule has 0 radical (unpaired) electrons. The molecule has 3 aromatic rings. The van der Waals surface area contributed by atoms with Crippen molar-refractivity contribution in [3.8, 4) is 0 Å². The lowest BCUT2D eigenvalue weighted by molar-refractivity contribution is 0.207. The molecular formula is C18H17N3OS. The van der Waals surface area contributed by atoms with Gasteiger partial charge in [-0.05, 0) is 47.4 Å². The van der Waals surface area contributed by atoms with Gasteiger partial charge in [0.2, 0.25) is 0 Å². The van der Waals surface area contributed by atoms with Crippen LogP contribution in [0.25, 0.3) is 10.8 Å². The van der Waals surface area contributed by atoms with Crippen LogP contribution in [0.3, 0.4) is 0 Å². The fourth-order valence-corrected chi connectivity index (χ4v) is 3.95. The van der Waals surface area contributed by atoms with Crippen LogP contribution in [0.2, 0.25) is 0 Å². The Morgan fingerprint density at radius 3 is 3.13 bits per heavy atom. The van der Waals surface area contributed by atoms with Gasteiger partial charge >= 0.3 is 6.03 Å². The number of likely N-dealkylation sites (tertiary alicyclic amines) is 1. The first-order valence-electron chi connectivity index (χ1n) is 7.75.